The lowest BCUT2D eigenvalue weighted by Gasteiger charge is -2.27. The molecule has 0 radical (unpaired) electrons. The maximum Gasteiger partial charge on any atom is 0.278 e. The van der Waals surface area contributed by atoms with E-state index in [2.05, 4.69) is 20.9 Å². The molecule has 3 rings (SSSR count). The van der Waals surface area contributed by atoms with Crippen LogP contribution in [0.5, 0.6) is 0 Å². The van der Waals surface area contributed by atoms with Crippen molar-refractivity contribution in [3.8, 4) is 0 Å². The zero-order valence-corrected chi connectivity index (χ0v) is 17.8. The fourth-order valence-corrected chi connectivity index (χ4v) is 3.20. The highest BCUT2D eigenvalue weighted by Gasteiger charge is 2.18. The predicted octanol–water partition coefficient (Wildman–Crippen LogP) is 1.53. The molecule has 8 heteroatoms. The molecule has 1 heterocycles. The Morgan fingerprint density at radius 2 is 1.61 bits per heavy atom. The summed E-state index contributed by atoms with van der Waals surface area (Å²) < 4.78 is 0. The first-order valence-electron chi connectivity index (χ1n) is 10.2. The van der Waals surface area contributed by atoms with Crippen LogP contribution in [0.4, 0.5) is 5.69 Å². The monoisotopic (exact) mass is 420 g/mol. The second kappa shape index (κ2) is 10.4. The van der Waals surface area contributed by atoms with Gasteiger partial charge in [0.2, 0.25) is 0 Å². The number of rotatable bonds is 6. The maximum atomic E-state index is 12.7. The summed E-state index contributed by atoms with van der Waals surface area (Å²) in [7, 11) is 1.63. The molecule has 1 aliphatic rings. The Bertz CT molecular complexity index is 977. The fourth-order valence-electron chi connectivity index (χ4n) is 3.20. The zero-order chi connectivity index (χ0) is 22.2. The van der Waals surface area contributed by atoms with Crippen LogP contribution in [0.2, 0.25) is 0 Å². The van der Waals surface area contributed by atoms with Crippen LogP contribution in [0, 0.1) is 0 Å². The van der Waals surface area contributed by atoms with Crippen LogP contribution in [0.25, 0.3) is 0 Å². The van der Waals surface area contributed by atoms with Crippen molar-refractivity contribution in [1.82, 2.24) is 15.5 Å². The Morgan fingerprint density at radius 1 is 1.00 bits per heavy atom. The SMILES string of the molecule is CN/C(N)=C(\N=C(C)c1ccc(C(=O)N2CCNCC2)cc1)C(=O)Nc1ccccc1. The van der Waals surface area contributed by atoms with Crippen molar-refractivity contribution in [2.45, 2.75) is 6.92 Å². The number of anilines is 1. The number of carbonyl (C=O) groups excluding carboxylic acids is 2. The van der Waals surface area contributed by atoms with E-state index >= 15 is 0 Å². The molecule has 2 aromatic rings. The Hall–Kier alpha value is -3.65. The molecule has 0 bridgehead atoms. The van der Waals surface area contributed by atoms with E-state index in [-0.39, 0.29) is 17.4 Å². The Kier molecular flexibility index (Phi) is 7.40. The van der Waals surface area contributed by atoms with Gasteiger partial charge < -0.3 is 26.6 Å². The number of benzene rings is 2. The average Bonchev–Trinajstić information content (AvgIpc) is 2.82. The molecule has 0 aliphatic carbocycles. The summed E-state index contributed by atoms with van der Waals surface area (Å²) in [5.41, 5.74) is 8.76. The van der Waals surface area contributed by atoms with Gasteiger partial charge in [0.15, 0.2) is 5.70 Å². The van der Waals surface area contributed by atoms with Gasteiger partial charge in [-0.25, -0.2) is 4.99 Å². The summed E-state index contributed by atoms with van der Waals surface area (Å²) in [6.07, 6.45) is 0. The van der Waals surface area contributed by atoms with E-state index in [0.717, 1.165) is 18.7 Å². The van der Waals surface area contributed by atoms with E-state index in [9.17, 15) is 9.59 Å². The molecular formula is C23H28N6O2. The van der Waals surface area contributed by atoms with Crippen LogP contribution >= 0.6 is 0 Å². The Morgan fingerprint density at radius 3 is 2.23 bits per heavy atom. The Balaban J connectivity index is 1.78. The van der Waals surface area contributed by atoms with E-state index in [1.165, 1.54) is 0 Å². The van der Waals surface area contributed by atoms with Gasteiger partial charge in [-0.05, 0) is 36.8 Å². The van der Waals surface area contributed by atoms with Crippen LogP contribution < -0.4 is 21.7 Å². The number of hydrogen-bond acceptors (Lipinski definition) is 6. The van der Waals surface area contributed by atoms with Crippen LogP contribution in [0.3, 0.4) is 0 Å². The van der Waals surface area contributed by atoms with Gasteiger partial charge in [0.1, 0.15) is 5.82 Å². The zero-order valence-electron chi connectivity index (χ0n) is 17.8. The summed E-state index contributed by atoms with van der Waals surface area (Å²) >= 11 is 0. The molecule has 2 amide bonds. The number of hydrogen-bond donors (Lipinski definition) is 4. The molecule has 0 spiro atoms. The Labute approximate surface area is 182 Å². The molecule has 0 unspecified atom stereocenters. The minimum absolute atomic E-state index is 0.0184. The number of nitrogens with two attached hydrogens (primary N) is 1. The van der Waals surface area contributed by atoms with Gasteiger partial charge in [-0.2, -0.15) is 0 Å². The molecule has 1 fully saturated rings. The number of para-hydroxylation sites is 1. The quantitative estimate of drug-likeness (QED) is 0.418. The molecule has 162 valence electrons. The number of aliphatic imine (C=N–C) groups is 1. The van der Waals surface area contributed by atoms with Crippen molar-refractivity contribution in [3.63, 3.8) is 0 Å². The largest absolute Gasteiger partial charge is 0.384 e. The normalized spacial score (nSPS) is 15.2. The number of carbonyl (C=O) groups is 2. The summed E-state index contributed by atoms with van der Waals surface area (Å²) in [5.74, 6) is -0.230. The highest BCUT2D eigenvalue weighted by Crippen LogP contribution is 2.13. The fraction of sp³-hybridized carbons (Fsp3) is 0.261. The highest BCUT2D eigenvalue weighted by molar-refractivity contribution is 6.08. The number of piperazine rings is 1. The van der Waals surface area contributed by atoms with Crippen LogP contribution in [-0.4, -0.2) is 55.7 Å². The maximum absolute atomic E-state index is 12.7. The van der Waals surface area contributed by atoms with Crippen molar-refractivity contribution < 1.29 is 9.59 Å². The number of nitrogens with zero attached hydrogens (tertiary/aromatic N) is 2. The molecule has 0 aromatic heterocycles. The molecule has 31 heavy (non-hydrogen) atoms. The molecule has 8 nitrogen and oxygen atoms in total. The van der Waals surface area contributed by atoms with Gasteiger partial charge in [-0.3, -0.25) is 9.59 Å². The summed E-state index contributed by atoms with van der Waals surface area (Å²) in [6, 6.07) is 16.3. The first-order valence-corrected chi connectivity index (χ1v) is 10.2. The molecular weight excluding hydrogens is 392 g/mol. The highest BCUT2D eigenvalue weighted by atomic mass is 16.2. The van der Waals surface area contributed by atoms with Crippen LogP contribution in [0.1, 0.15) is 22.8 Å². The first kappa shape index (κ1) is 22.0. The van der Waals surface area contributed by atoms with Crippen molar-refractivity contribution in [3.05, 3.63) is 77.2 Å². The second-order valence-electron chi connectivity index (χ2n) is 7.15. The summed E-state index contributed by atoms with van der Waals surface area (Å²) in [6.45, 7) is 4.82. The molecule has 0 saturated carbocycles. The van der Waals surface area contributed by atoms with E-state index in [1.807, 2.05) is 35.2 Å². The first-order chi connectivity index (χ1) is 15.0. The molecule has 0 atom stereocenters. The minimum Gasteiger partial charge on any atom is -0.384 e. The van der Waals surface area contributed by atoms with Crippen LogP contribution in [0.15, 0.2) is 71.1 Å². The third kappa shape index (κ3) is 5.70. The lowest BCUT2D eigenvalue weighted by Crippen LogP contribution is -2.46. The minimum atomic E-state index is -0.414. The molecule has 1 saturated heterocycles. The summed E-state index contributed by atoms with van der Waals surface area (Å²) in [5, 5.41) is 8.82. The van der Waals surface area contributed by atoms with Crippen molar-refractivity contribution >= 4 is 23.2 Å². The second-order valence-corrected chi connectivity index (χ2v) is 7.15. The summed E-state index contributed by atoms with van der Waals surface area (Å²) in [4.78, 5) is 31.7. The molecule has 1 aliphatic heterocycles. The van der Waals surface area contributed by atoms with Crippen molar-refractivity contribution in [1.29, 1.82) is 0 Å². The van der Waals surface area contributed by atoms with Crippen LogP contribution in [-0.2, 0) is 4.79 Å². The number of amides is 2. The van der Waals surface area contributed by atoms with E-state index in [0.29, 0.717) is 30.1 Å². The third-order valence-electron chi connectivity index (χ3n) is 5.00. The van der Waals surface area contributed by atoms with Gasteiger partial charge in [-0.15, -0.1) is 0 Å². The van der Waals surface area contributed by atoms with Crippen molar-refractivity contribution in [2.24, 2.45) is 10.7 Å². The van der Waals surface area contributed by atoms with E-state index in [4.69, 9.17) is 5.73 Å². The number of nitrogens with one attached hydrogen (secondary N) is 3. The molecule has 2 aromatic carbocycles. The standard InChI is InChI=1S/C23H28N6O2/c1-16(17-8-10-18(11-9-17)23(31)29-14-12-26-13-15-29)27-20(21(24)25-2)22(30)28-19-6-4-3-5-7-19/h3-11,25-26H,12-15,24H2,1-2H3,(H,28,30)/b21-20-,27-16?. The average molecular weight is 421 g/mol. The lowest BCUT2D eigenvalue weighted by atomic mass is 10.1. The van der Waals surface area contributed by atoms with Gasteiger partial charge in [0.25, 0.3) is 11.8 Å². The topological polar surface area (TPSA) is 112 Å². The van der Waals surface area contributed by atoms with Crippen molar-refractivity contribution in [2.75, 3.05) is 38.5 Å². The molecule has 5 N–H and O–H groups in total. The third-order valence-corrected chi connectivity index (χ3v) is 5.00. The van der Waals surface area contributed by atoms with Gasteiger partial charge in [0, 0.05) is 50.2 Å². The van der Waals surface area contributed by atoms with Gasteiger partial charge in [-0.1, -0.05) is 30.3 Å². The van der Waals surface area contributed by atoms with E-state index in [1.54, 1.807) is 38.2 Å². The lowest BCUT2D eigenvalue weighted by molar-refractivity contribution is -0.113. The van der Waals surface area contributed by atoms with Gasteiger partial charge in [0.05, 0.1) is 0 Å². The smallest absolute Gasteiger partial charge is 0.278 e. The predicted molar refractivity (Wildman–Crippen MR) is 123 cm³/mol. The van der Waals surface area contributed by atoms with Gasteiger partial charge >= 0.3 is 0 Å². The van der Waals surface area contributed by atoms with E-state index < -0.39 is 5.91 Å².